The van der Waals surface area contributed by atoms with Gasteiger partial charge in [-0.1, -0.05) is 45.4 Å². The van der Waals surface area contributed by atoms with Gasteiger partial charge in [-0.05, 0) is 34.6 Å². The first-order valence-electron chi connectivity index (χ1n) is 7.68. The molecule has 0 saturated heterocycles. The Morgan fingerprint density at radius 1 is 1.15 bits per heavy atom. The zero-order chi connectivity index (χ0) is 18.1. The standard InChI is InChI=1S/C17H13BrN6O2/c18-11-7-5-10(6-8-11)13(21-25)9-24-14-4-2-1-3-12(14)20-17(24)15-16(19)23-26-22-15/h1-8,25H,9H2,(H2,19,23). The topological polar surface area (TPSA) is 115 Å². The second-order valence-corrected chi connectivity index (χ2v) is 6.48. The van der Waals surface area contributed by atoms with E-state index in [0.29, 0.717) is 17.2 Å². The lowest BCUT2D eigenvalue weighted by atomic mass is 10.1. The smallest absolute Gasteiger partial charge is 0.199 e. The van der Waals surface area contributed by atoms with Gasteiger partial charge < -0.3 is 15.5 Å². The maximum Gasteiger partial charge on any atom is 0.199 e. The van der Waals surface area contributed by atoms with Crippen LogP contribution in [0.3, 0.4) is 0 Å². The Hall–Kier alpha value is -3.20. The lowest BCUT2D eigenvalue weighted by molar-refractivity contribution is 0.310. The van der Waals surface area contributed by atoms with Crippen LogP contribution in [0.2, 0.25) is 0 Å². The summed E-state index contributed by atoms with van der Waals surface area (Å²) in [4.78, 5) is 4.59. The second kappa shape index (κ2) is 6.60. The van der Waals surface area contributed by atoms with Gasteiger partial charge in [0.25, 0.3) is 0 Å². The lowest BCUT2D eigenvalue weighted by Gasteiger charge is -2.10. The molecule has 3 N–H and O–H groups in total. The molecule has 0 radical (unpaired) electrons. The first-order valence-corrected chi connectivity index (χ1v) is 8.47. The van der Waals surface area contributed by atoms with Crippen molar-refractivity contribution in [1.29, 1.82) is 0 Å². The molecule has 0 aliphatic heterocycles. The Labute approximate surface area is 156 Å². The van der Waals surface area contributed by atoms with Crippen molar-refractivity contribution in [2.24, 2.45) is 5.16 Å². The van der Waals surface area contributed by atoms with Crippen LogP contribution >= 0.6 is 15.9 Å². The molecule has 4 aromatic rings. The van der Waals surface area contributed by atoms with Crippen molar-refractivity contribution in [2.45, 2.75) is 6.54 Å². The fraction of sp³-hybridized carbons (Fsp3) is 0.0588. The van der Waals surface area contributed by atoms with Gasteiger partial charge in [-0.2, -0.15) is 0 Å². The van der Waals surface area contributed by atoms with E-state index in [1.54, 1.807) is 0 Å². The third-order valence-corrected chi connectivity index (χ3v) is 4.51. The first kappa shape index (κ1) is 16.3. The molecule has 2 heterocycles. The van der Waals surface area contributed by atoms with Crippen LogP contribution in [0.25, 0.3) is 22.6 Å². The van der Waals surface area contributed by atoms with Crippen molar-refractivity contribution in [3.63, 3.8) is 0 Å². The summed E-state index contributed by atoms with van der Waals surface area (Å²) in [6, 6.07) is 15.1. The van der Waals surface area contributed by atoms with E-state index in [2.05, 4.69) is 36.4 Å². The van der Waals surface area contributed by atoms with Crippen molar-refractivity contribution >= 4 is 38.5 Å². The van der Waals surface area contributed by atoms with E-state index in [0.717, 1.165) is 21.1 Å². The van der Waals surface area contributed by atoms with Gasteiger partial charge in [0, 0.05) is 10.0 Å². The summed E-state index contributed by atoms with van der Waals surface area (Å²) in [5.41, 5.74) is 9.06. The first-order chi connectivity index (χ1) is 12.7. The van der Waals surface area contributed by atoms with E-state index in [1.165, 1.54) is 0 Å². The molecule has 4 rings (SSSR count). The van der Waals surface area contributed by atoms with Gasteiger partial charge in [0.15, 0.2) is 17.3 Å². The van der Waals surface area contributed by atoms with Crippen LogP contribution < -0.4 is 5.73 Å². The Morgan fingerprint density at radius 3 is 2.62 bits per heavy atom. The number of para-hydroxylation sites is 2. The molecule has 0 bridgehead atoms. The predicted molar refractivity (Wildman–Crippen MR) is 99.9 cm³/mol. The number of nitrogens with zero attached hydrogens (tertiary/aromatic N) is 5. The number of imidazole rings is 1. The highest BCUT2D eigenvalue weighted by molar-refractivity contribution is 9.10. The van der Waals surface area contributed by atoms with Crippen molar-refractivity contribution in [1.82, 2.24) is 19.9 Å². The summed E-state index contributed by atoms with van der Waals surface area (Å²) in [5.74, 6) is 0.635. The number of oxime groups is 1. The third-order valence-electron chi connectivity index (χ3n) is 3.99. The van der Waals surface area contributed by atoms with Crippen LogP contribution in [0.15, 0.2) is 62.8 Å². The fourth-order valence-corrected chi connectivity index (χ4v) is 3.00. The molecule has 2 aromatic carbocycles. The highest BCUT2D eigenvalue weighted by atomic mass is 79.9. The molecule has 0 unspecified atom stereocenters. The van der Waals surface area contributed by atoms with Crippen molar-refractivity contribution in [3.05, 3.63) is 58.6 Å². The Balaban J connectivity index is 1.85. The van der Waals surface area contributed by atoms with Crippen molar-refractivity contribution in [3.8, 4) is 11.5 Å². The molecule has 0 amide bonds. The maximum absolute atomic E-state index is 9.57. The normalized spacial score (nSPS) is 12.0. The number of fused-ring (bicyclic) bond motifs is 1. The van der Waals surface area contributed by atoms with E-state index < -0.39 is 0 Å². The number of anilines is 1. The third kappa shape index (κ3) is 2.82. The number of nitrogens with two attached hydrogens (primary N) is 1. The monoisotopic (exact) mass is 412 g/mol. The molecule has 0 fully saturated rings. The summed E-state index contributed by atoms with van der Waals surface area (Å²) in [7, 11) is 0. The summed E-state index contributed by atoms with van der Waals surface area (Å²) in [5, 5.41) is 20.5. The SMILES string of the molecule is Nc1nonc1-c1nc2ccccc2n1CC(=NO)c1ccc(Br)cc1. The minimum atomic E-state index is 0.146. The lowest BCUT2D eigenvalue weighted by Crippen LogP contribution is -2.13. The van der Waals surface area contributed by atoms with Gasteiger partial charge in [-0.3, -0.25) is 0 Å². The summed E-state index contributed by atoms with van der Waals surface area (Å²) < 4.78 is 7.52. The summed E-state index contributed by atoms with van der Waals surface area (Å²) in [6.07, 6.45) is 0. The Morgan fingerprint density at radius 2 is 1.92 bits per heavy atom. The summed E-state index contributed by atoms with van der Waals surface area (Å²) in [6.45, 7) is 0.264. The molecule has 26 heavy (non-hydrogen) atoms. The van der Waals surface area contributed by atoms with Gasteiger partial charge in [0.1, 0.15) is 5.71 Å². The molecule has 0 aliphatic rings. The number of halogens is 1. The Kier molecular flexibility index (Phi) is 4.13. The Bertz CT molecular complexity index is 1100. The minimum absolute atomic E-state index is 0.146. The molecular weight excluding hydrogens is 400 g/mol. The average molecular weight is 413 g/mol. The van der Waals surface area contributed by atoms with E-state index in [-0.39, 0.29) is 12.4 Å². The van der Waals surface area contributed by atoms with Crippen LogP contribution in [0.1, 0.15) is 5.56 Å². The number of nitrogen functional groups attached to an aromatic ring is 1. The van der Waals surface area contributed by atoms with Crippen LogP contribution in [-0.2, 0) is 6.54 Å². The molecule has 8 nitrogen and oxygen atoms in total. The summed E-state index contributed by atoms with van der Waals surface area (Å²) >= 11 is 3.40. The fourth-order valence-electron chi connectivity index (χ4n) is 2.74. The van der Waals surface area contributed by atoms with Crippen LogP contribution in [0.5, 0.6) is 0 Å². The van der Waals surface area contributed by atoms with E-state index in [9.17, 15) is 5.21 Å². The van der Waals surface area contributed by atoms with Crippen molar-refractivity contribution < 1.29 is 9.84 Å². The molecule has 0 aliphatic carbocycles. The largest absolute Gasteiger partial charge is 0.411 e. The van der Waals surface area contributed by atoms with Gasteiger partial charge in [0.05, 0.1) is 17.6 Å². The van der Waals surface area contributed by atoms with E-state index in [1.807, 2.05) is 53.1 Å². The quantitative estimate of drug-likeness (QED) is 0.301. The molecule has 0 spiro atoms. The highest BCUT2D eigenvalue weighted by Crippen LogP contribution is 2.27. The van der Waals surface area contributed by atoms with Gasteiger partial charge in [-0.25, -0.2) is 9.61 Å². The second-order valence-electron chi connectivity index (χ2n) is 5.56. The van der Waals surface area contributed by atoms with Crippen LogP contribution in [0.4, 0.5) is 5.82 Å². The molecule has 2 aromatic heterocycles. The van der Waals surface area contributed by atoms with E-state index >= 15 is 0 Å². The molecular formula is C17H13BrN6O2. The molecule has 9 heteroatoms. The number of hydrogen-bond donors (Lipinski definition) is 2. The van der Waals surface area contributed by atoms with Crippen molar-refractivity contribution in [2.75, 3.05) is 5.73 Å². The van der Waals surface area contributed by atoms with Gasteiger partial charge in [-0.15, -0.1) is 0 Å². The zero-order valence-electron chi connectivity index (χ0n) is 13.4. The van der Waals surface area contributed by atoms with Gasteiger partial charge >= 0.3 is 0 Å². The maximum atomic E-state index is 9.57. The number of rotatable bonds is 4. The van der Waals surface area contributed by atoms with E-state index in [4.69, 9.17) is 10.4 Å². The minimum Gasteiger partial charge on any atom is -0.411 e. The van der Waals surface area contributed by atoms with Crippen LogP contribution in [-0.4, -0.2) is 30.8 Å². The number of hydrogen-bond acceptors (Lipinski definition) is 7. The van der Waals surface area contributed by atoms with Gasteiger partial charge in [0.2, 0.25) is 0 Å². The zero-order valence-corrected chi connectivity index (χ0v) is 15.0. The number of aromatic nitrogens is 4. The molecule has 0 saturated carbocycles. The number of benzene rings is 2. The van der Waals surface area contributed by atoms with Crippen LogP contribution in [0, 0.1) is 0 Å². The predicted octanol–water partition coefficient (Wildman–Crippen LogP) is 3.31. The average Bonchev–Trinajstić information content (AvgIpc) is 3.23. The molecule has 0 atom stereocenters. The highest BCUT2D eigenvalue weighted by Gasteiger charge is 2.20. The molecule has 130 valence electrons.